The predicted octanol–water partition coefficient (Wildman–Crippen LogP) is 4.78. The van der Waals surface area contributed by atoms with Gasteiger partial charge < -0.3 is 19.5 Å². The second-order valence-corrected chi connectivity index (χ2v) is 6.86. The van der Waals surface area contributed by atoms with E-state index in [1.54, 1.807) is 0 Å². The Morgan fingerprint density at radius 2 is 1.89 bits per heavy atom. The normalized spacial score (nSPS) is 14.6. The molecule has 5 heteroatoms. The zero-order valence-electron chi connectivity index (χ0n) is 16.4. The van der Waals surface area contributed by atoms with E-state index in [-0.39, 0.29) is 0 Å². The van der Waals surface area contributed by atoms with Crippen molar-refractivity contribution in [3.8, 4) is 5.75 Å². The molecule has 1 aliphatic carbocycles. The summed E-state index contributed by atoms with van der Waals surface area (Å²) in [5, 5.41) is 3.58. The second kappa shape index (κ2) is 9.83. The summed E-state index contributed by atoms with van der Waals surface area (Å²) in [4.78, 5) is 12.1. The predicted molar refractivity (Wildman–Crippen MR) is 110 cm³/mol. The van der Waals surface area contributed by atoms with Crippen LogP contribution in [0.3, 0.4) is 0 Å². The molecule has 2 aromatic carbocycles. The molecule has 0 spiro atoms. The average molecular weight is 381 g/mol. The van der Waals surface area contributed by atoms with E-state index in [4.69, 9.17) is 14.2 Å². The van der Waals surface area contributed by atoms with Gasteiger partial charge in [-0.3, -0.25) is 0 Å². The highest BCUT2D eigenvalue weighted by molar-refractivity contribution is 6.16. The summed E-state index contributed by atoms with van der Waals surface area (Å²) in [5.41, 5.74) is 3.05. The molecule has 0 bridgehead atoms. The highest BCUT2D eigenvalue weighted by Gasteiger charge is 2.17. The van der Waals surface area contributed by atoms with Crippen LogP contribution in [0.4, 0.5) is 5.69 Å². The van der Waals surface area contributed by atoms with E-state index in [2.05, 4.69) is 11.4 Å². The maximum atomic E-state index is 12.1. The highest BCUT2D eigenvalue weighted by atomic mass is 16.5. The highest BCUT2D eigenvalue weighted by Crippen LogP contribution is 2.26. The number of hydrogen-bond donors (Lipinski definition) is 1. The number of hydrogen-bond acceptors (Lipinski definition) is 5. The maximum absolute atomic E-state index is 12.1. The number of carbonyl (C=O) groups excluding carboxylic acids is 1. The molecule has 0 aliphatic heterocycles. The Morgan fingerprint density at radius 1 is 1.11 bits per heavy atom. The maximum Gasteiger partial charge on any atom is 0.341 e. The van der Waals surface area contributed by atoms with Gasteiger partial charge in [0.25, 0.3) is 0 Å². The van der Waals surface area contributed by atoms with E-state index < -0.39 is 5.97 Å². The number of anilines is 1. The first-order valence-electron chi connectivity index (χ1n) is 9.60. The lowest BCUT2D eigenvalue weighted by atomic mass is 10.0. The molecular formula is C23H27NO4. The Labute approximate surface area is 166 Å². The Bertz CT molecular complexity index is 825. The summed E-state index contributed by atoms with van der Waals surface area (Å²) in [6, 6.07) is 16.2. The first-order valence-corrected chi connectivity index (χ1v) is 9.60. The van der Waals surface area contributed by atoms with Crippen LogP contribution in [0.2, 0.25) is 0 Å². The molecule has 1 fully saturated rings. The van der Waals surface area contributed by atoms with Crippen LogP contribution in [0.15, 0.2) is 54.8 Å². The lowest BCUT2D eigenvalue weighted by Gasteiger charge is -2.15. The van der Waals surface area contributed by atoms with Gasteiger partial charge in [0.15, 0.2) is 0 Å². The van der Waals surface area contributed by atoms with Crippen LogP contribution in [-0.4, -0.2) is 26.2 Å². The summed E-state index contributed by atoms with van der Waals surface area (Å²) >= 11 is 0. The van der Waals surface area contributed by atoms with Gasteiger partial charge in [0.1, 0.15) is 17.9 Å². The number of methoxy groups -OCH3 is 2. The minimum atomic E-state index is -0.447. The number of benzene rings is 2. The Morgan fingerprint density at radius 3 is 2.64 bits per heavy atom. The quantitative estimate of drug-likeness (QED) is 0.405. The van der Waals surface area contributed by atoms with Gasteiger partial charge in [-0.05, 0) is 36.1 Å². The van der Waals surface area contributed by atoms with Crippen molar-refractivity contribution in [1.29, 1.82) is 0 Å². The Balaban J connectivity index is 1.73. The molecule has 0 heterocycles. The average Bonchev–Trinajstić information content (AvgIpc) is 3.23. The third-order valence-electron chi connectivity index (χ3n) is 4.90. The van der Waals surface area contributed by atoms with E-state index in [1.807, 2.05) is 42.5 Å². The first kappa shape index (κ1) is 19.8. The number of esters is 1. The number of ether oxygens (including phenoxy) is 3. The van der Waals surface area contributed by atoms with Crippen LogP contribution >= 0.6 is 0 Å². The fraction of sp³-hybridized carbons (Fsp3) is 0.348. The molecule has 5 nitrogen and oxygen atoms in total. The third kappa shape index (κ3) is 5.06. The minimum absolute atomic E-state index is 0.334. The molecule has 0 amide bonds. The summed E-state index contributed by atoms with van der Waals surface area (Å²) in [6.07, 6.45) is 6.43. The van der Waals surface area contributed by atoms with Gasteiger partial charge in [0, 0.05) is 17.8 Å². The fourth-order valence-corrected chi connectivity index (χ4v) is 3.50. The van der Waals surface area contributed by atoms with E-state index in [9.17, 15) is 4.79 Å². The minimum Gasteiger partial charge on any atom is -0.503 e. The van der Waals surface area contributed by atoms with Crippen LogP contribution < -0.4 is 10.1 Å². The molecule has 0 saturated heterocycles. The van der Waals surface area contributed by atoms with Crippen molar-refractivity contribution in [2.45, 2.75) is 38.3 Å². The van der Waals surface area contributed by atoms with E-state index in [0.29, 0.717) is 18.2 Å². The van der Waals surface area contributed by atoms with Gasteiger partial charge in [0.2, 0.25) is 0 Å². The number of rotatable bonds is 8. The van der Waals surface area contributed by atoms with Crippen LogP contribution in [0, 0.1) is 0 Å². The van der Waals surface area contributed by atoms with Crippen molar-refractivity contribution in [2.24, 2.45) is 0 Å². The van der Waals surface area contributed by atoms with Gasteiger partial charge in [-0.2, -0.15) is 0 Å². The van der Waals surface area contributed by atoms with Crippen LogP contribution in [0.25, 0.3) is 5.57 Å². The lowest BCUT2D eigenvalue weighted by Crippen LogP contribution is -2.14. The van der Waals surface area contributed by atoms with Crippen molar-refractivity contribution >= 4 is 17.2 Å². The van der Waals surface area contributed by atoms with E-state index in [1.165, 1.54) is 46.2 Å². The van der Waals surface area contributed by atoms with Crippen molar-refractivity contribution in [3.63, 3.8) is 0 Å². The first-order chi connectivity index (χ1) is 13.7. The largest absolute Gasteiger partial charge is 0.503 e. The third-order valence-corrected chi connectivity index (χ3v) is 4.90. The SMILES string of the molecule is COC=C(C(=O)OC)c1ccccc1COc1cccc(NC2CCCC2)c1. The monoisotopic (exact) mass is 381 g/mol. The Hall–Kier alpha value is -2.95. The van der Waals surface area contributed by atoms with Gasteiger partial charge in [-0.15, -0.1) is 0 Å². The summed E-state index contributed by atoms with van der Waals surface area (Å²) in [5.74, 6) is 0.338. The fourth-order valence-electron chi connectivity index (χ4n) is 3.50. The van der Waals surface area contributed by atoms with Crippen molar-refractivity contribution in [1.82, 2.24) is 0 Å². The molecule has 28 heavy (non-hydrogen) atoms. The standard InChI is InChI=1S/C23H27NO4/c1-26-16-22(23(25)27-2)21-13-6-3-8-17(21)15-28-20-12-7-11-19(14-20)24-18-9-4-5-10-18/h3,6-8,11-14,16,18,24H,4-5,9-10,15H2,1-2H3. The van der Waals surface area contributed by atoms with Crippen LogP contribution in [-0.2, 0) is 20.9 Å². The molecule has 1 aliphatic rings. The molecule has 3 rings (SSSR count). The smallest absolute Gasteiger partial charge is 0.341 e. The topological polar surface area (TPSA) is 56.8 Å². The number of nitrogens with one attached hydrogen (secondary N) is 1. The Kier molecular flexibility index (Phi) is 6.95. The van der Waals surface area contributed by atoms with E-state index >= 15 is 0 Å². The van der Waals surface area contributed by atoms with Crippen molar-refractivity contribution in [2.75, 3.05) is 19.5 Å². The molecular weight excluding hydrogens is 354 g/mol. The zero-order valence-corrected chi connectivity index (χ0v) is 16.4. The zero-order chi connectivity index (χ0) is 19.8. The molecule has 0 radical (unpaired) electrons. The van der Waals surface area contributed by atoms with Gasteiger partial charge >= 0.3 is 5.97 Å². The van der Waals surface area contributed by atoms with Crippen LogP contribution in [0.5, 0.6) is 5.75 Å². The van der Waals surface area contributed by atoms with Gasteiger partial charge in [-0.1, -0.05) is 43.2 Å². The molecule has 0 unspecified atom stereocenters. The summed E-state index contributed by atoms with van der Waals surface area (Å²) in [7, 11) is 2.86. The molecule has 2 aromatic rings. The summed E-state index contributed by atoms with van der Waals surface area (Å²) < 4.78 is 16.0. The molecule has 0 atom stereocenters. The van der Waals surface area contributed by atoms with Gasteiger partial charge in [-0.25, -0.2) is 4.79 Å². The van der Waals surface area contributed by atoms with Gasteiger partial charge in [0.05, 0.1) is 20.5 Å². The molecule has 0 aromatic heterocycles. The molecule has 148 valence electrons. The van der Waals surface area contributed by atoms with Crippen molar-refractivity contribution in [3.05, 3.63) is 65.9 Å². The molecule has 1 N–H and O–H groups in total. The molecule has 1 saturated carbocycles. The second-order valence-electron chi connectivity index (χ2n) is 6.86. The van der Waals surface area contributed by atoms with E-state index in [0.717, 1.165) is 22.6 Å². The summed E-state index contributed by atoms with van der Waals surface area (Å²) in [6.45, 7) is 0.334. The van der Waals surface area contributed by atoms with Crippen LogP contribution in [0.1, 0.15) is 36.8 Å². The lowest BCUT2D eigenvalue weighted by molar-refractivity contribution is -0.133. The van der Waals surface area contributed by atoms with Crippen molar-refractivity contribution < 1.29 is 19.0 Å². The number of carbonyl (C=O) groups is 1.